The van der Waals surface area contributed by atoms with Crippen LogP contribution in [0.15, 0.2) is 28.2 Å². The molecule has 5 nitrogen and oxygen atoms in total. The molecule has 2 rings (SSSR count). The molecule has 0 atom stereocenters. The summed E-state index contributed by atoms with van der Waals surface area (Å²) in [5.74, 6) is 0. The lowest BCUT2D eigenvalue weighted by Crippen LogP contribution is -2.18. The van der Waals surface area contributed by atoms with Gasteiger partial charge >= 0.3 is 0 Å². The number of benzene rings is 1. The minimum Gasteiger partial charge on any atom is -0.299 e. The Balaban J connectivity index is 2.27. The number of hydrogen-bond donors (Lipinski definition) is 0. The van der Waals surface area contributed by atoms with Crippen LogP contribution in [0.1, 0.15) is 18.4 Å². The third-order valence-corrected chi connectivity index (χ3v) is 3.00. The van der Waals surface area contributed by atoms with Crippen LogP contribution in [0.4, 0.5) is 11.4 Å². The van der Waals surface area contributed by atoms with E-state index in [-0.39, 0.29) is 0 Å². The minimum atomic E-state index is 0.448. The van der Waals surface area contributed by atoms with E-state index in [1.807, 2.05) is 6.07 Å². The predicted octanol–water partition coefficient (Wildman–Crippen LogP) is 2.22. The Labute approximate surface area is 105 Å². The summed E-state index contributed by atoms with van der Waals surface area (Å²) in [5.41, 5.74) is 1.92. The maximum Gasteiger partial charge on any atom is 0.240 e. The molecular weight excluding hydrogens is 230 g/mol. The molecule has 0 aliphatic carbocycles. The second kappa shape index (κ2) is 6.03. The summed E-state index contributed by atoms with van der Waals surface area (Å²) in [5, 5.41) is 0. The lowest BCUT2D eigenvalue weighted by atomic mass is 10.1. The summed E-state index contributed by atoms with van der Waals surface area (Å²) >= 11 is 0. The van der Waals surface area contributed by atoms with Gasteiger partial charge in [-0.15, -0.1) is 0 Å². The normalized spacial score (nSPS) is 14.9. The number of nitrogens with zero attached hydrogens (tertiary/aromatic N) is 3. The van der Waals surface area contributed by atoms with E-state index in [4.69, 9.17) is 0 Å². The molecule has 1 fully saturated rings. The molecule has 0 unspecified atom stereocenters. The van der Waals surface area contributed by atoms with Crippen LogP contribution in [0, 0.1) is 0 Å². The predicted molar refractivity (Wildman–Crippen MR) is 66.5 cm³/mol. The highest BCUT2D eigenvalue weighted by atomic mass is 16.1. The van der Waals surface area contributed by atoms with Gasteiger partial charge in [-0.25, -0.2) is 9.59 Å². The van der Waals surface area contributed by atoms with Crippen molar-refractivity contribution in [3.05, 3.63) is 23.8 Å². The lowest BCUT2D eigenvalue weighted by Gasteiger charge is -2.15. The molecule has 0 saturated carbocycles. The fourth-order valence-electron chi connectivity index (χ4n) is 2.14. The standard InChI is InChI=1S/C13H13N3O2/c17-9-14-12-4-3-11(13(7-12)15-10-18)8-16-5-1-2-6-16/h3-4,7H,1-2,5-6,8H2. The lowest BCUT2D eigenvalue weighted by molar-refractivity contribution is 0.332. The monoisotopic (exact) mass is 243 g/mol. The molecule has 0 amide bonds. The third kappa shape index (κ3) is 2.99. The van der Waals surface area contributed by atoms with Crippen LogP contribution in [0.5, 0.6) is 0 Å². The van der Waals surface area contributed by atoms with Crippen LogP contribution in [0.25, 0.3) is 0 Å². The number of rotatable bonds is 4. The molecule has 18 heavy (non-hydrogen) atoms. The highest BCUT2D eigenvalue weighted by molar-refractivity contribution is 5.62. The van der Waals surface area contributed by atoms with Gasteiger partial charge in [0.1, 0.15) is 0 Å². The Hall–Kier alpha value is -2.06. The van der Waals surface area contributed by atoms with Crippen LogP contribution in [-0.2, 0) is 16.1 Å². The van der Waals surface area contributed by atoms with Gasteiger partial charge in [-0.2, -0.15) is 9.98 Å². The molecule has 1 aliphatic rings. The van der Waals surface area contributed by atoms with Crippen LogP contribution in [-0.4, -0.2) is 30.1 Å². The van der Waals surface area contributed by atoms with E-state index in [2.05, 4.69) is 14.9 Å². The molecule has 5 heteroatoms. The molecule has 1 aliphatic heterocycles. The van der Waals surface area contributed by atoms with E-state index >= 15 is 0 Å². The van der Waals surface area contributed by atoms with Gasteiger partial charge in [-0.1, -0.05) is 6.07 Å². The molecule has 1 heterocycles. The quantitative estimate of drug-likeness (QED) is 0.601. The molecule has 0 N–H and O–H groups in total. The summed E-state index contributed by atoms with van der Waals surface area (Å²) in [6, 6.07) is 5.16. The van der Waals surface area contributed by atoms with Gasteiger partial charge in [0.05, 0.1) is 11.4 Å². The third-order valence-electron chi connectivity index (χ3n) is 3.00. The van der Waals surface area contributed by atoms with Gasteiger partial charge in [-0.05, 0) is 43.6 Å². The van der Waals surface area contributed by atoms with Gasteiger partial charge in [-0.3, -0.25) is 4.90 Å². The van der Waals surface area contributed by atoms with Crippen LogP contribution in [0.3, 0.4) is 0 Å². The van der Waals surface area contributed by atoms with Crippen molar-refractivity contribution in [3.63, 3.8) is 0 Å². The van der Waals surface area contributed by atoms with Crippen LogP contribution >= 0.6 is 0 Å². The van der Waals surface area contributed by atoms with Crippen LogP contribution in [0.2, 0.25) is 0 Å². The van der Waals surface area contributed by atoms with E-state index in [0.717, 1.165) is 25.2 Å². The van der Waals surface area contributed by atoms with Crippen molar-refractivity contribution in [2.45, 2.75) is 19.4 Å². The number of aliphatic imine (C=N–C) groups is 2. The molecule has 0 radical (unpaired) electrons. The SMILES string of the molecule is O=C=Nc1ccc(CN2CCCC2)c(N=C=O)c1. The van der Waals surface area contributed by atoms with Crippen molar-refractivity contribution in [2.75, 3.05) is 13.1 Å². The highest BCUT2D eigenvalue weighted by Gasteiger charge is 2.13. The Bertz CT molecular complexity index is 523. The van der Waals surface area contributed by atoms with Crippen molar-refractivity contribution in [2.24, 2.45) is 9.98 Å². The van der Waals surface area contributed by atoms with E-state index in [1.165, 1.54) is 25.0 Å². The molecule has 0 spiro atoms. The first-order chi connectivity index (χ1) is 8.83. The summed E-state index contributed by atoms with van der Waals surface area (Å²) in [7, 11) is 0. The minimum absolute atomic E-state index is 0.448. The van der Waals surface area contributed by atoms with E-state index in [9.17, 15) is 9.59 Å². The van der Waals surface area contributed by atoms with Crippen molar-refractivity contribution in [1.82, 2.24) is 4.90 Å². The topological polar surface area (TPSA) is 62.1 Å². The second-order valence-electron chi connectivity index (χ2n) is 4.20. The zero-order valence-electron chi connectivity index (χ0n) is 9.93. The Morgan fingerprint density at radius 1 is 1.11 bits per heavy atom. The van der Waals surface area contributed by atoms with Gasteiger partial charge < -0.3 is 0 Å². The summed E-state index contributed by atoms with van der Waals surface area (Å²) in [4.78, 5) is 30.1. The van der Waals surface area contributed by atoms with Gasteiger partial charge in [0.2, 0.25) is 12.2 Å². The van der Waals surface area contributed by atoms with Crippen molar-refractivity contribution in [1.29, 1.82) is 0 Å². The first-order valence-electron chi connectivity index (χ1n) is 5.84. The van der Waals surface area contributed by atoms with E-state index < -0.39 is 0 Å². The largest absolute Gasteiger partial charge is 0.299 e. The van der Waals surface area contributed by atoms with E-state index in [1.54, 1.807) is 12.1 Å². The summed E-state index contributed by atoms with van der Waals surface area (Å²) in [6.45, 7) is 2.89. The zero-order chi connectivity index (χ0) is 12.8. The Kier molecular flexibility index (Phi) is 4.15. The molecule has 92 valence electrons. The Morgan fingerprint density at radius 2 is 1.83 bits per heavy atom. The zero-order valence-corrected chi connectivity index (χ0v) is 9.93. The highest BCUT2D eigenvalue weighted by Crippen LogP contribution is 2.27. The molecule has 1 aromatic rings. The molecular formula is C13H13N3O2. The molecule has 0 bridgehead atoms. The van der Waals surface area contributed by atoms with Crippen molar-refractivity contribution >= 4 is 23.5 Å². The number of isocyanates is 2. The van der Waals surface area contributed by atoms with Gasteiger partial charge in [0, 0.05) is 6.54 Å². The number of likely N-dealkylation sites (tertiary alicyclic amines) is 1. The summed E-state index contributed by atoms with van der Waals surface area (Å²) in [6.07, 6.45) is 5.42. The van der Waals surface area contributed by atoms with Gasteiger partial charge in [0.15, 0.2) is 0 Å². The first kappa shape index (κ1) is 12.4. The van der Waals surface area contributed by atoms with Crippen molar-refractivity contribution < 1.29 is 9.59 Å². The smallest absolute Gasteiger partial charge is 0.240 e. The Morgan fingerprint density at radius 3 is 2.50 bits per heavy atom. The van der Waals surface area contributed by atoms with Crippen molar-refractivity contribution in [3.8, 4) is 0 Å². The second-order valence-corrected chi connectivity index (χ2v) is 4.20. The fourth-order valence-corrected chi connectivity index (χ4v) is 2.14. The molecule has 0 aromatic heterocycles. The maximum atomic E-state index is 10.4. The average Bonchev–Trinajstić information content (AvgIpc) is 2.86. The number of carbonyl (C=O) groups excluding carboxylic acids is 2. The first-order valence-corrected chi connectivity index (χ1v) is 5.84. The maximum absolute atomic E-state index is 10.4. The average molecular weight is 243 g/mol. The molecule has 1 aromatic carbocycles. The van der Waals surface area contributed by atoms with Crippen LogP contribution < -0.4 is 0 Å². The van der Waals surface area contributed by atoms with E-state index in [0.29, 0.717) is 11.4 Å². The fraction of sp³-hybridized carbons (Fsp3) is 0.385. The summed E-state index contributed by atoms with van der Waals surface area (Å²) < 4.78 is 0. The molecule has 1 saturated heterocycles. The van der Waals surface area contributed by atoms with Gasteiger partial charge in [0.25, 0.3) is 0 Å². The number of hydrogen-bond acceptors (Lipinski definition) is 5.